The molecule has 0 fully saturated rings. The van der Waals surface area contributed by atoms with E-state index in [-0.39, 0.29) is 11.8 Å². The summed E-state index contributed by atoms with van der Waals surface area (Å²) >= 11 is 1.66. The number of amides is 2. The lowest BCUT2D eigenvalue weighted by Gasteiger charge is -2.31. The Bertz CT molecular complexity index is 854. The summed E-state index contributed by atoms with van der Waals surface area (Å²) in [6, 6.07) is 15.5. The summed E-state index contributed by atoms with van der Waals surface area (Å²) in [5, 5.41) is 3.00. The van der Waals surface area contributed by atoms with E-state index in [2.05, 4.69) is 43.4 Å². The summed E-state index contributed by atoms with van der Waals surface area (Å²) < 4.78 is 5.33. The number of benzene rings is 2. The predicted molar refractivity (Wildman–Crippen MR) is 132 cm³/mol. The molecular weight excluding hydrogens is 420 g/mol. The van der Waals surface area contributed by atoms with Gasteiger partial charge in [-0.2, -0.15) is 0 Å². The third kappa shape index (κ3) is 8.23. The SMILES string of the molecule is CCCCNC(=O)C(CC)N(Cc1cccc(OC)c1)C(=O)CCSc1ccc(C)cc1. The van der Waals surface area contributed by atoms with Crippen LogP contribution in [0.1, 0.15) is 50.7 Å². The minimum absolute atomic E-state index is 0.00933. The number of methoxy groups -OCH3 is 1. The number of hydrogen-bond acceptors (Lipinski definition) is 4. The Morgan fingerprint density at radius 2 is 1.88 bits per heavy atom. The number of nitrogens with one attached hydrogen (secondary N) is 1. The van der Waals surface area contributed by atoms with E-state index in [1.165, 1.54) is 5.56 Å². The molecule has 0 aliphatic carbocycles. The van der Waals surface area contributed by atoms with Gasteiger partial charge in [0.2, 0.25) is 11.8 Å². The molecule has 0 spiro atoms. The first-order valence-electron chi connectivity index (χ1n) is 11.4. The van der Waals surface area contributed by atoms with E-state index >= 15 is 0 Å². The van der Waals surface area contributed by atoms with Gasteiger partial charge >= 0.3 is 0 Å². The van der Waals surface area contributed by atoms with Gasteiger partial charge in [-0.3, -0.25) is 9.59 Å². The highest BCUT2D eigenvalue weighted by Gasteiger charge is 2.28. The standard InChI is InChI=1S/C26H36N2O3S/c1-5-7-16-27-26(30)24(6-2)28(19-21-9-8-10-22(18-21)31-4)25(29)15-17-32-23-13-11-20(3)12-14-23/h8-14,18,24H,5-7,15-17,19H2,1-4H3,(H,27,30). The van der Waals surface area contributed by atoms with E-state index < -0.39 is 6.04 Å². The van der Waals surface area contributed by atoms with Gasteiger partial charge in [0.05, 0.1) is 7.11 Å². The third-order valence-corrected chi connectivity index (χ3v) is 6.32. The molecule has 5 nitrogen and oxygen atoms in total. The van der Waals surface area contributed by atoms with Crippen molar-refractivity contribution in [2.75, 3.05) is 19.4 Å². The number of aryl methyl sites for hydroxylation is 1. The molecule has 174 valence electrons. The van der Waals surface area contributed by atoms with Crippen LogP contribution in [0.5, 0.6) is 5.75 Å². The van der Waals surface area contributed by atoms with Crippen LogP contribution >= 0.6 is 11.8 Å². The molecular formula is C26H36N2O3S. The van der Waals surface area contributed by atoms with Crippen molar-refractivity contribution < 1.29 is 14.3 Å². The Labute approximate surface area is 196 Å². The number of hydrogen-bond donors (Lipinski definition) is 1. The Hall–Kier alpha value is -2.47. The maximum Gasteiger partial charge on any atom is 0.242 e. The van der Waals surface area contributed by atoms with Crippen LogP contribution in [0.15, 0.2) is 53.4 Å². The number of rotatable bonds is 13. The molecule has 2 aromatic carbocycles. The minimum atomic E-state index is -0.491. The highest BCUT2D eigenvalue weighted by atomic mass is 32.2. The second-order valence-electron chi connectivity index (χ2n) is 7.85. The fourth-order valence-corrected chi connectivity index (χ4v) is 4.27. The second-order valence-corrected chi connectivity index (χ2v) is 9.02. The van der Waals surface area contributed by atoms with Crippen molar-refractivity contribution in [1.29, 1.82) is 0 Å². The first-order valence-corrected chi connectivity index (χ1v) is 12.4. The summed E-state index contributed by atoms with van der Waals surface area (Å²) in [5.41, 5.74) is 2.17. The molecule has 0 aromatic heterocycles. The predicted octanol–water partition coefficient (Wildman–Crippen LogP) is 5.21. The van der Waals surface area contributed by atoms with Gasteiger partial charge in [-0.1, -0.05) is 50.1 Å². The quantitative estimate of drug-likeness (QED) is 0.332. The summed E-state index contributed by atoms with van der Waals surface area (Å²) in [7, 11) is 1.63. The van der Waals surface area contributed by atoms with Crippen molar-refractivity contribution in [2.45, 2.75) is 63.9 Å². The van der Waals surface area contributed by atoms with E-state index in [0.29, 0.717) is 31.7 Å². The lowest BCUT2D eigenvalue weighted by molar-refractivity contribution is -0.141. The smallest absolute Gasteiger partial charge is 0.242 e. The fourth-order valence-electron chi connectivity index (χ4n) is 3.43. The number of thioether (sulfide) groups is 1. The molecule has 0 aliphatic heterocycles. The van der Waals surface area contributed by atoms with Gasteiger partial charge in [0, 0.05) is 30.2 Å². The van der Waals surface area contributed by atoms with Gasteiger partial charge in [0.15, 0.2) is 0 Å². The highest BCUT2D eigenvalue weighted by Crippen LogP contribution is 2.22. The summed E-state index contributed by atoms with van der Waals surface area (Å²) in [6.07, 6.45) is 2.89. The maximum absolute atomic E-state index is 13.3. The zero-order valence-electron chi connectivity index (χ0n) is 19.7. The van der Waals surface area contributed by atoms with Crippen LogP contribution in [0.3, 0.4) is 0 Å². The topological polar surface area (TPSA) is 58.6 Å². The molecule has 2 amide bonds. The molecule has 1 unspecified atom stereocenters. The molecule has 2 aromatic rings. The zero-order chi connectivity index (χ0) is 23.3. The summed E-state index contributed by atoms with van der Waals surface area (Å²) in [5.74, 6) is 1.32. The number of carbonyl (C=O) groups is 2. The normalized spacial score (nSPS) is 11.6. The molecule has 0 aliphatic rings. The summed E-state index contributed by atoms with van der Waals surface area (Å²) in [6.45, 7) is 7.12. The Morgan fingerprint density at radius 3 is 2.53 bits per heavy atom. The fraction of sp³-hybridized carbons (Fsp3) is 0.462. The molecule has 1 atom stereocenters. The van der Waals surface area contributed by atoms with Crippen molar-refractivity contribution in [3.05, 3.63) is 59.7 Å². The molecule has 0 heterocycles. The first-order chi connectivity index (χ1) is 15.5. The van der Waals surface area contributed by atoms with Crippen molar-refractivity contribution in [3.63, 3.8) is 0 Å². The van der Waals surface area contributed by atoms with Crippen LogP contribution in [-0.4, -0.2) is 42.2 Å². The van der Waals surface area contributed by atoms with Crippen LogP contribution in [0, 0.1) is 6.92 Å². The Balaban J connectivity index is 2.12. The second kappa shape index (κ2) is 13.8. The van der Waals surface area contributed by atoms with E-state index in [4.69, 9.17) is 4.74 Å². The van der Waals surface area contributed by atoms with Gasteiger partial charge in [0.25, 0.3) is 0 Å². The van der Waals surface area contributed by atoms with Crippen molar-refractivity contribution >= 4 is 23.6 Å². The van der Waals surface area contributed by atoms with Gasteiger partial charge in [-0.25, -0.2) is 0 Å². The number of nitrogens with zero attached hydrogens (tertiary/aromatic N) is 1. The molecule has 0 saturated heterocycles. The largest absolute Gasteiger partial charge is 0.497 e. The zero-order valence-corrected chi connectivity index (χ0v) is 20.5. The van der Waals surface area contributed by atoms with E-state index in [0.717, 1.165) is 29.1 Å². The summed E-state index contributed by atoms with van der Waals surface area (Å²) in [4.78, 5) is 29.1. The lowest BCUT2D eigenvalue weighted by atomic mass is 10.1. The van der Waals surface area contributed by atoms with Gasteiger partial charge in [-0.05, 0) is 49.6 Å². The number of ether oxygens (including phenoxy) is 1. The molecule has 0 saturated carbocycles. The van der Waals surface area contributed by atoms with Crippen molar-refractivity contribution in [2.24, 2.45) is 0 Å². The monoisotopic (exact) mass is 456 g/mol. The lowest BCUT2D eigenvalue weighted by Crippen LogP contribution is -2.49. The number of carbonyl (C=O) groups excluding carboxylic acids is 2. The average Bonchev–Trinajstić information content (AvgIpc) is 2.80. The Morgan fingerprint density at radius 1 is 1.12 bits per heavy atom. The first kappa shape index (κ1) is 25.8. The van der Waals surface area contributed by atoms with Gasteiger partial charge in [0.1, 0.15) is 11.8 Å². The molecule has 32 heavy (non-hydrogen) atoms. The van der Waals surface area contributed by atoms with Crippen LogP contribution in [0.25, 0.3) is 0 Å². The molecule has 2 rings (SSSR count). The molecule has 1 N–H and O–H groups in total. The molecule has 0 bridgehead atoms. The Kier molecular flexibility index (Phi) is 11.2. The molecule has 6 heteroatoms. The molecule has 0 radical (unpaired) electrons. The van der Waals surface area contributed by atoms with Gasteiger partial charge in [-0.15, -0.1) is 11.8 Å². The van der Waals surface area contributed by atoms with Crippen molar-refractivity contribution in [1.82, 2.24) is 10.2 Å². The maximum atomic E-state index is 13.3. The third-order valence-electron chi connectivity index (χ3n) is 5.31. The van der Waals surface area contributed by atoms with Gasteiger partial charge < -0.3 is 15.0 Å². The van der Waals surface area contributed by atoms with Crippen LogP contribution in [0.4, 0.5) is 0 Å². The van der Waals surface area contributed by atoms with Crippen molar-refractivity contribution in [3.8, 4) is 5.75 Å². The van der Waals surface area contributed by atoms with E-state index in [9.17, 15) is 9.59 Å². The van der Waals surface area contributed by atoms with E-state index in [1.54, 1.807) is 23.8 Å². The van der Waals surface area contributed by atoms with Crippen LogP contribution in [-0.2, 0) is 16.1 Å². The minimum Gasteiger partial charge on any atom is -0.497 e. The highest BCUT2D eigenvalue weighted by molar-refractivity contribution is 7.99. The number of unbranched alkanes of at least 4 members (excludes halogenated alkanes) is 1. The average molecular weight is 457 g/mol. The van der Waals surface area contributed by atoms with Crippen LogP contribution < -0.4 is 10.1 Å². The van der Waals surface area contributed by atoms with E-state index in [1.807, 2.05) is 31.2 Å². The van der Waals surface area contributed by atoms with Crippen LogP contribution in [0.2, 0.25) is 0 Å².